The average Bonchev–Trinajstić information content (AvgIpc) is 2.92. The maximum atomic E-state index is 12.3. The van der Waals surface area contributed by atoms with Crippen LogP contribution >= 0.6 is 0 Å². The molecule has 1 aliphatic carbocycles. The van der Waals surface area contributed by atoms with Crippen LogP contribution in [0, 0.1) is 0 Å². The Labute approximate surface area is 223 Å². The normalized spacial score (nSPS) is 17.6. The Morgan fingerprint density at radius 2 is 1.15 bits per heavy atom. The van der Waals surface area contributed by atoms with Crippen LogP contribution in [0.3, 0.4) is 0 Å². The van der Waals surface area contributed by atoms with Gasteiger partial charge in [0.05, 0.1) is 31.1 Å². The van der Waals surface area contributed by atoms with Crippen LogP contribution in [0.5, 0.6) is 0 Å². The van der Waals surface area contributed by atoms with Crippen LogP contribution in [0.25, 0.3) is 0 Å². The van der Waals surface area contributed by atoms with Gasteiger partial charge in [0.2, 0.25) is 0 Å². The van der Waals surface area contributed by atoms with Crippen molar-refractivity contribution in [1.82, 2.24) is 10.6 Å². The zero-order valence-corrected chi connectivity index (χ0v) is 21.0. The van der Waals surface area contributed by atoms with Gasteiger partial charge in [-0.15, -0.1) is 0 Å². The molecule has 2 aromatic rings. The summed E-state index contributed by atoms with van der Waals surface area (Å²) in [6, 6.07) is 12.1. The highest BCUT2D eigenvalue weighted by Crippen LogP contribution is 2.22. The topological polar surface area (TPSA) is 174 Å². The zero-order valence-electron chi connectivity index (χ0n) is 21.0. The molecule has 2 aromatic carbocycles. The summed E-state index contributed by atoms with van der Waals surface area (Å²) >= 11 is 0. The molecule has 0 spiro atoms. The van der Waals surface area contributed by atoms with Crippen LogP contribution in [0.15, 0.2) is 60.7 Å². The summed E-state index contributed by atoms with van der Waals surface area (Å²) in [6.07, 6.45) is -0.104. The van der Waals surface area contributed by atoms with E-state index in [9.17, 15) is 33.9 Å². The second kappa shape index (κ2) is 13.9. The minimum Gasteiger partial charge on any atom is -0.480 e. The number of ether oxygens (including phenoxy) is 3. The first kappa shape index (κ1) is 29.1. The molecule has 1 saturated carbocycles. The number of methoxy groups -OCH3 is 1. The number of hydrogen-bond acceptors (Lipinski definition) is 11. The van der Waals surface area contributed by atoms with Gasteiger partial charge in [0.1, 0.15) is 12.1 Å². The smallest absolute Gasteiger partial charge is 0.345 e. The Kier molecular flexibility index (Phi) is 10.4. The Morgan fingerprint density at radius 1 is 0.744 bits per heavy atom. The maximum absolute atomic E-state index is 12.3. The van der Waals surface area contributed by atoms with Gasteiger partial charge >= 0.3 is 35.8 Å². The summed E-state index contributed by atoms with van der Waals surface area (Å²) in [5, 5.41) is 15.3. The summed E-state index contributed by atoms with van der Waals surface area (Å²) in [6.45, 7) is 0. The van der Waals surface area contributed by atoms with Gasteiger partial charge in [-0.3, -0.25) is 29.8 Å². The molecule has 0 saturated heterocycles. The summed E-state index contributed by atoms with van der Waals surface area (Å²) in [5.41, 5.74) is 0.312. The average molecular weight is 541 g/mol. The molecule has 0 aliphatic heterocycles. The number of hydrogen-bond donors (Lipinski definition) is 3. The van der Waals surface area contributed by atoms with Crippen molar-refractivity contribution in [3.63, 3.8) is 0 Å². The van der Waals surface area contributed by atoms with Gasteiger partial charge in [0.15, 0.2) is 0 Å². The summed E-state index contributed by atoms with van der Waals surface area (Å²) in [7, 11) is 1.14. The summed E-state index contributed by atoms with van der Waals surface area (Å²) in [4.78, 5) is 72.8. The third-order valence-electron chi connectivity index (χ3n) is 6.06. The van der Waals surface area contributed by atoms with Crippen LogP contribution < -0.4 is 10.6 Å². The van der Waals surface area contributed by atoms with Gasteiger partial charge in [-0.25, -0.2) is 9.59 Å². The molecule has 2 unspecified atom stereocenters. The highest BCUT2D eigenvalue weighted by Gasteiger charge is 2.38. The molecule has 0 heterocycles. The number of esters is 5. The molecule has 12 nitrogen and oxygen atoms in total. The van der Waals surface area contributed by atoms with Gasteiger partial charge in [-0.2, -0.15) is 0 Å². The lowest BCUT2D eigenvalue weighted by molar-refractivity contribution is -0.149. The van der Waals surface area contributed by atoms with Gasteiger partial charge < -0.3 is 19.3 Å². The van der Waals surface area contributed by atoms with E-state index in [1.165, 1.54) is 24.3 Å². The molecule has 0 bridgehead atoms. The van der Waals surface area contributed by atoms with Crippen molar-refractivity contribution in [1.29, 1.82) is 0 Å². The quantitative estimate of drug-likeness (QED) is 0.200. The fraction of sp³-hybridized carbons (Fsp3) is 0.333. The molecule has 0 aromatic heterocycles. The van der Waals surface area contributed by atoms with E-state index in [2.05, 4.69) is 10.6 Å². The second-order valence-corrected chi connectivity index (χ2v) is 8.75. The fourth-order valence-electron chi connectivity index (χ4n) is 3.88. The third kappa shape index (κ3) is 8.55. The molecule has 12 heteroatoms. The van der Waals surface area contributed by atoms with Gasteiger partial charge in [0.25, 0.3) is 0 Å². The van der Waals surface area contributed by atoms with E-state index in [0.29, 0.717) is 12.8 Å². The Bertz CT molecular complexity index is 1200. The number of carbonyl (C=O) groups is 6. The van der Waals surface area contributed by atoms with Crippen molar-refractivity contribution < 1.29 is 48.1 Å². The molecule has 4 atom stereocenters. The molecule has 0 amide bonds. The molecule has 3 N–H and O–H groups in total. The van der Waals surface area contributed by atoms with E-state index in [1.807, 2.05) is 0 Å². The highest BCUT2D eigenvalue weighted by atomic mass is 16.6. The number of aliphatic carboxylic acids is 1. The molecule has 1 aliphatic rings. The zero-order chi connectivity index (χ0) is 28.4. The largest absolute Gasteiger partial charge is 0.480 e. The highest BCUT2D eigenvalue weighted by molar-refractivity contribution is 5.98. The van der Waals surface area contributed by atoms with Crippen LogP contribution in [0.1, 0.15) is 46.4 Å². The van der Waals surface area contributed by atoms with Crippen LogP contribution in [0.2, 0.25) is 0 Å². The summed E-state index contributed by atoms with van der Waals surface area (Å²) < 4.78 is 14.3. The first-order chi connectivity index (χ1) is 18.7. The van der Waals surface area contributed by atoms with Crippen molar-refractivity contribution in [2.75, 3.05) is 7.11 Å². The van der Waals surface area contributed by atoms with Crippen LogP contribution in [-0.2, 0) is 33.4 Å². The molecule has 1 fully saturated rings. The van der Waals surface area contributed by atoms with Crippen molar-refractivity contribution in [2.24, 2.45) is 0 Å². The Balaban J connectivity index is 1.55. The fourth-order valence-corrected chi connectivity index (χ4v) is 3.88. The number of nitrogens with one attached hydrogen (secondary N) is 2. The van der Waals surface area contributed by atoms with E-state index >= 15 is 0 Å². The molecular weight excluding hydrogens is 512 g/mol. The van der Waals surface area contributed by atoms with Crippen LogP contribution in [0.4, 0.5) is 0 Å². The van der Waals surface area contributed by atoms with Crippen molar-refractivity contribution in [3.8, 4) is 0 Å². The lowest BCUT2D eigenvalue weighted by Gasteiger charge is -2.40. The van der Waals surface area contributed by atoms with Gasteiger partial charge in [0, 0.05) is 12.1 Å². The number of carboxylic acid groups (broad SMARTS) is 1. The maximum Gasteiger partial charge on any atom is 0.345 e. The second-order valence-electron chi connectivity index (χ2n) is 8.75. The number of benzene rings is 2. The number of carbonyl (C=O) groups excluding carboxylic acids is 5. The molecule has 39 heavy (non-hydrogen) atoms. The molecule has 0 radical (unpaired) electrons. The lowest BCUT2D eigenvalue weighted by atomic mass is 9.84. The van der Waals surface area contributed by atoms with E-state index in [-0.39, 0.29) is 11.1 Å². The van der Waals surface area contributed by atoms with Crippen LogP contribution in [-0.4, -0.2) is 72.2 Å². The van der Waals surface area contributed by atoms with Crippen molar-refractivity contribution >= 4 is 35.8 Å². The SMILES string of the molecule is COC(=O)[C@H](CC(=O)OC(=O)c1ccccc1)NC1CCC1N[C@@H](CC(=O)OC(=O)c1ccccc1)C(=O)O. The lowest BCUT2D eigenvalue weighted by Crippen LogP contribution is -2.62. The Hall–Kier alpha value is -4.42. The number of rotatable bonds is 12. The van der Waals surface area contributed by atoms with Crippen molar-refractivity contribution in [3.05, 3.63) is 71.8 Å². The number of carboxylic acids is 1. The van der Waals surface area contributed by atoms with E-state index in [0.717, 1.165) is 7.11 Å². The van der Waals surface area contributed by atoms with Gasteiger partial charge in [-0.05, 0) is 37.1 Å². The van der Waals surface area contributed by atoms with Crippen molar-refractivity contribution in [2.45, 2.75) is 49.9 Å². The predicted molar refractivity (Wildman–Crippen MR) is 133 cm³/mol. The monoisotopic (exact) mass is 540 g/mol. The third-order valence-corrected chi connectivity index (χ3v) is 6.06. The Morgan fingerprint density at radius 3 is 1.54 bits per heavy atom. The minimum absolute atomic E-state index is 0.145. The van der Waals surface area contributed by atoms with E-state index in [1.54, 1.807) is 36.4 Å². The first-order valence-electron chi connectivity index (χ1n) is 12.1. The molecular formula is C27H28N2O10. The molecule has 206 valence electrons. The molecule has 3 rings (SSSR count). The van der Waals surface area contributed by atoms with Gasteiger partial charge in [-0.1, -0.05) is 36.4 Å². The minimum atomic E-state index is -1.37. The van der Waals surface area contributed by atoms with E-state index in [4.69, 9.17) is 14.2 Å². The first-order valence-corrected chi connectivity index (χ1v) is 12.1. The van der Waals surface area contributed by atoms with E-state index < -0.39 is 72.8 Å². The predicted octanol–water partition coefficient (Wildman–Crippen LogP) is 1.24. The standard InChI is InChI=1S/C27H28N2O10/c1-37-27(36)21(15-23(31)39-26(35)17-10-6-3-7-11-17)29-19-13-12-18(19)28-20(24(32)33)14-22(30)38-25(34)16-8-4-2-5-9-16/h2-11,18-21,28-29H,12-15H2,1H3,(H,32,33)/t18?,19?,20-,21-/m0/s1. The summed E-state index contributed by atoms with van der Waals surface area (Å²) in [5.74, 6) is -5.85.